The predicted molar refractivity (Wildman–Crippen MR) is 55.7 cm³/mol. The Morgan fingerprint density at radius 3 is 0.619 bits per heavy atom. The zero-order chi connectivity index (χ0) is 16.2. The molecule has 0 aromatic heterocycles. The summed E-state index contributed by atoms with van der Waals surface area (Å²) in [6.45, 7) is 0. The van der Waals surface area contributed by atoms with Crippen LogP contribution in [0.3, 0.4) is 0 Å². The molecule has 0 aliphatic carbocycles. The molecule has 0 amide bonds. The van der Waals surface area contributed by atoms with E-state index in [1.165, 1.54) is 0 Å². The van der Waals surface area contributed by atoms with Gasteiger partial charge in [-0.15, -0.1) is 0 Å². The molecule has 2 heterocycles. The van der Waals surface area contributed by atoms with E-state index in [1.54, 1.807) is 48.6 Å². The Morgan fingerprint density at radius 1 is 0.381 bits per heavy atom. The SMILES string of the molecule is N#C[C]1(C#N)[C](C#N)(C#N)[V]12[C](C#N)(C#N)[C]2(C#N)C#N. The summed E-state index contributed by atoms with van der Waals surface area (Å²) < 4.78 is -8.81. The normalized spacial score (nSPS) is 24.8. The summed E-state index contributed by atoms with van der Waals surface area (Å²) in [4.78, 5) is 0. The molecule has 0 radical (unpaired) electrons. The molecule has 21 heavy (non-hydrogen) atoms. The quantitative estimate of drug-likeness (QED) is 0.632. The second-order valence-electron chi connectivity index (χ2n) is 4.41. The van der Waals surface area contributed by atoms with Gasteiger partial charge < -0.3 is 0 Å². The van der Waals surface area contributed by atoms with Gasteiger partial charge in [-0.1, -0.05) is 0 Å². The van der Waals surface area contributed by atoms with Crippen LogP contribution in [-0.4, -0.2) is 0 Å². The molecule has 0 atom stereocenters. The van der Waals surface area contributed by atoms with Crippen molar-refractivity contribution in [3.8, 4) is 48.6 Å². The molecule has 2 aliphatic heterocycles. The average Bonchev–Trinajstić information content (AvgIpc) is 3.32. The van der Waals surface area contributed by atoms with Crippen molar-refractivity contribution in [2.24, 2.45) is 0 Å². The van der Waals surface area contributed by atoms with Crippen LogP contribution in [0.15, 0.2) is 0 Å². The molecule has 0 saturated carbocycles. The summed E-state index contributed by atoms with van der Waals surface area (Å²) in [5, 5.41) is 74.5. The van der Waals surface area contributed by atoms with Crippen LogP contribution in [0.25, 0.3) is 0 Å². The first kappa shape index (κ1) is 13.9. The molecule has 0 aromatic carbocycles. The third-order valence-electron chi connectivity index (χ3n) is 4.25. The molecule has 2 saturated heterocycles. The molecule has 93 valence electrons. The number of hydrogen-bond donors (Lipinski definition) is 0. The van der Waals surface area contributed by atoms with Gasteiger partial charge in [-0.3, -0.25) is 0 Å². The second-order valence-corrected chi connectivity index (χ2v) is 10.7. The van der Waals surface area contributed by atoms with Crippen LogP contribution in [-0.2, 0) is 14.0 Å². The molecular formula is C12N8V. The van der Waals surface area contributed by atoms with Gasteiger partial charge in [0, 0.05) is 0 Å². The van der Waals surface area contributed by atoms with Crippen LogP contribution < -0.4 is 0 Å². The van der Waals surface area contributed by atoms with Crippen LogP contribution in [0.4, 0.5) is 0 Å². The van der Waals surface area contributed by atoms with Crippen molar-refractivity contribution in [2.75, 3.05) is 0 Å². The summed E-state index contributed by atoms with van der Waals surface area (Å²) in [6, 6.07) is 12.5. The first-order valence-electron chi connectivity index (χ1n) is 5.18. The van der Waals surface area contributed by atoms with E-state index in [9.17, 15) is 42.1 Å². The van der Waals surface area contributed by atoms with Gasteiger partial charge in [-0.05, 0) is 0 Å². The van der Waals surface area contributed by atoms with Crippen molar-refractivity contribution in [2.45, 2.75) is 16.5 Å². The second kappa shape index (κ2) is 3.33. The Balaban J connectivity index is 3.06. The molecular weight excluding hydrogens is 307 g/mol. The van der Waals surface area contributed by atoms with Gasteiger partial charge in [0.2, 0.25) is 0 Å². The summed E-state index contributed by atoms with van der Waals surface area (Å²) in [6.07, 6.45) is 0. The Bertz CT molecular complexity index is 706. The molecule has 0 N–H and O–H groups in total. The zero-order valence-corrected chi connectivity index (χ0v) is 11.4. The van der Waals surface area contributed by atoms with E-state index < -0.39 is 30.5 Å². The monoisotopic (exact) mass is 307 g/mol. The van der Waals surface area contributed by atoms with Crippen LogP contribution in [0.5, 0.6) is 0 Å². The van der Waals surface area contributed by atoms with E-state index in [-0.39, 0.29) is 0 Å². The van der Waals surface area contributed by atoms with Gasteiger partial charge in [0.05, 0.1) is 0 Å². The number of nitrogens with zero attached hydrogens (tertiary/aromatic N) is 8. The van der Waals surface area contributed by atoms with Gasteiger partial charge in [0.1, 0.15) is 0 Å². The molecule has 2 rings (SSSR count). The minimum absolute atomic E-state index is 1.56. The van der Waals surface area contributed by atoms with E-state index in [2.05, 4.69) is 0 Å². The molecule has 0 aromatic rings. The van der Waals surface area contributed by atoms with Gasteiger partial charge in [0.25, 0.3) is 0 Å². The topological polar surface area (TPSA) is 190 Å². The molecule has 8 nitrogen and oxygen atoms in total. The molecule has 1 spiro atoms. The van der Waals surface area contributed by atoms with Gasteiger partial charge in [-0.2, -0.15) is 0 Å². The molecule has 9 heteroatoms. The average molecular weight is 307 g/mol. The third kappa shape index (κ3) is 0.699. The standard InChI is InChI=1S/2C6N4.V/c2*7-1-5(2-8)6(3-9)4-10;. The Morgan fingerprint density at radius 2 is 0.524 bits per heavy atom. The van der Waals surface area contributed by atoms with E-state index in [4.69, 9.17) is 0 Å². The van der Waals surface area contributed by atoms with E-state index >= 15 is 0 Å². The van der Waals surface area contributed by atoms with Crippen LogP contribution >= 0.6 is 0 Å². The Labute approximate surface area is 121 Å². The Kier molecular flexibility index (Phi) is 2.21. The van der Waals surface area contributed by atoms with Crippen molar-refractivity contribution in [3.05, 3.63) is 0 Å². The molecule has 2 aliphatic rings. The van der Waals surface area contributed by atoms with Crippen molar-refractivity contribution in [1.29, 1.82) is 42.1 Å². The summed E-state index contributed by atoms with van der Waals surface area (Å²) in [7, 11) is 0. The minimum atomic E-state index is -4.57. The maximum atomic E-state index is 9.31. The summed E-state index contributed by atoms with van der Waals surface area (Å²) >= 11 is -4.57. The van der Waals surface area contributed by atoms with Crippen LogP contribution in [0.2, 0.25) is 16.5 Å². The van der Waals surface area contributed by atoms with Crippen molar-refractivity contribution >= 4 is 0 Å². The number of nitriles is 8. The van der Waals surface area contributed by atoms with Crippen molar-refractivity contribution < 1.29 is 14.0 Å². The fourth-order valence-electron chi connectivity index (χ4n) is 3.35. The fourth-order valence-corrected chi connectivity index (χ4v) is 13.4. The fraction of sp³-hybridized carbons (Fsp3) is 0.333. The van der Waals surface area contributed by atoms with E-state index in [0.29, 0.717) is 0 Å². The van der Waals surface area contributed by atoms with E-state index in [0.717, 1.165) is 0 Å². The predicted octanol–water partition coefficient (Wildman–Crippen LogP) is 0.991. The van der Waals surface area contributed by atoms with Crippen LogP contribution in [0.1, 0.15) is 0 Å². The summed E-state index contributed by atoms with van der Waals surface area (Å²) in [5.41, 5.74) is 0. The van der Waals surface area contributed by atoms with Crippen LogP contribution in [0, 0.1) is 90.6 Å². The molecule has 0 bridgehead atoms. The zero-order valence-electron chi connectivity index (χ0n) is 10.0. The summed E-state index contributed by atoms with van der Waals surface area (Å²) in [5.74, 6) is 0. The van der Waals surface area contributed by atoms with Crippen molar-refractivity contribution in [1.82, 2.24) is 0 Å². The molecule has 2 fully saturated rings. The van der Waals surface area contributed by atoms with Crippen molar-refractivity contribution in [3.63, 3.8) is 0 Å². The van der Waals surface area contributed by atoms with Gasteiger partial charge in [0.15, 0.2) is 0 Å². The third-order valence-corrected chi connectivity index (χ3v) is 13.2. The Hall–Kier alpha value is -3.50. The molecule has 0 unspecified atom stereocenters. The first-order chi connectivity index (χ1) is 9.99. The number of hydrogen-bond acceptors (Lipinski definition) is 8. The number of rotatable bonds is 0. The van der Waals surface area contributed by atoms with E-state index in [1.807, 2.05) is 0 Å². The first-order valence-corrected chi connectivity index (χ1v) is 7.98. The maximum absolute atomic E-state index is 9.31. The van der Waals surface area contributed by atoms with Gasteiger partial charge in [-0.25, -0.2) is 0 Å². The van der Waals surface area contributed by atoms with Gasteiger partial charge >= 0.3 is 121 Å².